The fourth-order valence-electron chi connectivity index (χ4n) is 3.27. The number of nitrogens with zero attached hydrogens (tertiary/aromatic N) is 1. The van der Waals surface area contributed by atoms with Gasteiger partial charge in [0.2, 0.25) is 0 Å². The Labute approximate surface area is 142 Å². The Morgan fingerprint density at radius 1 is 1.13 bits per heavy atom. The summed E-state index contributed by atoms with van der Waals surface area (Å²) >= 11 is 0. The molecule has 1 aliphatic rings. The lowest BCUT2D eigenvalue weighted by atomic mass is 10.0. The fraction of sp³-hybridized carbons (Fsp3) is 0.700. The van der Waals surface area contributed by atoms with Crippen molar-refractivity contribution in [2.45, 2.75) is 65.6 Å². The summed E-state index contributed by atoms with van der Waals surface area (Å²) in [5, 5.41) is 7.32. The van der Waals surface area contributed by atoms with Gasteiger partial charge in [0.05, 0.1) is 0 Å². The number of benzene rings is 1. The van der Waals surface area contributed by atoms with Gasteiger partial charge in [0.25, 0.3) is 0 Å². The molecule has 3 nitrogen and oxygen atoms in total. The molecule has 1 fully saturated rings. The summed E-state index contributed by atoms with van der Waals surface area (Å²) in [5.41, 5.74) is 2.85. The van der Waals surface area contributed by atoms with E-state index in [4.69, 9.17) is 0 Å². The summed E-state index contributed by atoms with van der Waals surface area (Å²) < 4.78 is 0. The number of hydrogen-bond acceptors (Lipinski definition) is 3. The first-order chi connectivity index (χ1) is 10.7. The third kappa shape index (κ3) is 5.82. The predicted molar refractivity (Wildman–Crippen MR) is 101 cm³/mol. The molecule has 1 aromatic rings. The quantitative estimate of drug-likeness (QED) is 0.831. The molecule has 1 aliphatic heterocycles. The van der Waals surface area contributed by atoms with E-state index >= 15 is 0 Å². The molecule has 0 spiro atoms. The maximum Gasteiger partial charge on any atom is 0.0366 e. The van der Waals surface area contributed by atoms with Gasteiger partial charge < -0.3 is 15.5 Å². The first-order valence-corrected chi connectivity index (χ1v) is 9.10. The van der Waals surface area contributed by atoms with Crippen LogP contribution in [0.25, 0.3) is 0 Å². The van der Waals surface area contributed by atoms with E-state index in [0.29, 0.717) is 12.1 Å². The van der Waals surface area contributed by atoms with Crippen LogP contribution in [0.1, 0.15) is 59.6 Å². The highest BCUT2D eigenvalue weighted by atomic mass is 15.2. The molecule has 2 rings (SSSR count). The van der Waals surface area contributed by atoms with Crippen molar-refractivity contribution in [3.05, 3.63) is 29.8 Å². The van der Waals surface area contributed by atoms with Gasteiger partial charge in [-0.15, -0.1) is 0 Å². The minimum atomic E-state index is 0.141. The van der Waals surface area contributed by atoms with Gasteiger partial charge in [-0.05, 0) is 64.3 Å². The minimum absolute atomic E-state index is 0.141. The Balaban J connectivity index is 1.90. The lowest BCUT2D eigenvalue weighted by Crippen LogP contribution is -2.37. The number of rotatable bonds is 6. The zero-order valence-electron chi connectivity index (χ0n) is 15.8. The van der Waals surface area contributed by atoms with Gasteiger partial charge in [-0.25, -0.2) is 0 Å². The molecule has 2 atom stereocenters. The monoisotopic (exact) mass is 317 g/mol. The van der Waals surface area contributed by atoms with Crippen molar-refractivity contribution in [1.82, 2.24) is 10.6 Å². The predicted octanol–water partition coefficient (Wildman–Crippen LogP) is 3.96. The molecule has 23 heavy (non-hydrogen) atoms. The zero-order valence-corrected chi connectivity index (χ0v) is 15.8. The smallest absolute Gasteiger partial charge is 0.0366 e. The summed E-state index contributed by atoms with van der Waals surface area (Å²) in [6.45, 7) is 16.8. The van der Waals surface area contributed by atoms with Crippen molar-refractivity contribution < 1.29 is 0 Å². The summed E-state index contributed by atoms with van der Waals surface area (Å²) in [6, 6.07) is 10.1. The van der Waals surface area contributed by atoms with Gasteiger partial charge in [-0.1, -0.05) is 26.0 Å². The van der Waals surface area contributed by atoms with Crippen LogP contribution >= 0.6 is 0 Å². The molecule has 1 unspecified atom stereocenters. The highest BCUT2D eigenvalue weighted by Crippen LogP contribution is 2.24. The van der Waals surface area contributed by atoms with Crippen LogP contribution in [0.2, 0.25) is 0 Å². The molecule has 0 aromatic heterocycles. The average molecular weight is 318 g/mol. The van der Waals surface area contributed by atoms with E-state index in [9.17, 15) is 0 Å². The van der Waals surface area contributed by atoms with E-state index in [1.165, 1.54) is 17.7 Å². The van der Waals surface area contributed by atoms with Crippen LogP contribution in [-0.4, -0.2) is 31.2 Å². The van der Waals surface area contributed by atoms with Crippen molar-refractivity contribution in [2.75, 3.05) is 24.5 Å². The first-order valence-electron chi connectivity index (χ1n) is 9.10. The van der Waals surface area contributed by atoms with E-state index in [1.54, 1.807) is 0 Å². The maximum absolute atomic E-state index is 3.68. The molecule has 130 valence electrons. The zero-order chi connectivity index (χ0) is 17.0. The maximum atomic E-state index is 3.68. The molecule has 0 amide bonds. The highest BCUT2D eigenvalue weighted by molar-refractivity contribution is 5.49. The molecule has 1 aromatic carbocycles. The van der Waals surface area contributed by atoms with Crippen molar-refractivity contribution in [3.8, 4) is 0 Å². The molecule has 1 heterocycles. The molecule has 2 N–H and O–H groups in total. The van der Waals surface area contributed by atoms with Crippen LogP contribution in [0.5, 0.6) is 0 Å². The topological polar surface area (TPSA) is 27.3 Å². The third-order valence-electron chi connectivity index (χ3n) is 4.41. The summed E-state index contributed by atoms with van der Waals surface area (Å²) in [5.74, 6) is 0.722. The lowest BCUT2D eigenvalue weighted by molar-refractivity contribution is 0.378. The first kappa shape index (κ1) is 18.3. The lowest BCUT2D eigenvalue weighted by Gasteiger charge is -2.27. The molecule has 0 bridgehead atoms. The second-order valence-electron chi connectivity index (χ2n) is 8.44. The Morgan fingerprint density at radius 2 is 1.78 bits per heavy atom. The van der Waals surface area contributed by atoms with E-state index in [-0.39, 0.29) is 5.54 Å². The van der Waals surface area contributed by atoms with Crippen molar-refractivity contribution in [2.24, 2.45) is 5.92 Å². The largest absolute Gasteiger partial charge is 0.370 e. The normalized spacial score (nSPS) is 20.3. The summed E-state index contributed by atoms with van der Waals surface area (Å²) in [7, 11) is 0. The molecule has 0 aliphatic carbocycles. The van der Waals surface area contributed by atoms with Gasteiger partial charge in [-0.2, -0.15) is 0 Å². The second kappa shape index (κ2) is 7.67. The van der Waals surface area contributed by atoms with E-state index in [2.05, 4.69) is 81.3 Å². The van der Waals surface area contributed by atoms with Crippen LogP contribution in [0, 0.1) is 5.92 Å². The number of hydrogen-bond donors (Lipinski definition) is 2. The van der Waals surface area contributed by atoms with Gasteiger partial charge in [0.1, 0.15) is 0 Å². The van der Waals surface area contributed by atoms with E-state index in [1.807, 2.05) is 0 Å². The molecular weight excluding hydrogens is 282 g/mol. The van der Waals surface area contributed by atoms with Crippen molar-refractivity contribution in [1.29, 1.82) is 0 Å². The minimum Gasteiger partial charge on any atom is -0.370 e. The van der Waals surface area contributed by atoms with Crippen molar-refractivity contribution >= 4 is 5.69 Å². The van der Waals surface area contributed by atoms with Crippen LogP contribution in [0.3, 0.4) is 0 Å². The fourth-order valence-corrected chi connectivity index (χ4v) is 3.27. The van der Waals surface area contributed by atoms with Gasteiger partial charge in [-0.3, -0.25) is 0 Å². The summed E-state index contributed by atoms with van der Waals surface area (Å²) in [6.07, 6.45) is 1.25. The SMILES string of the molecule is CC(C)CN[C@H]1CCN(c2ccc(C(C)NC(C)(C)C)cc2)C1. The number of nitrogens with one attached hydrogen (secondary N) is 2. The number of anilines is 1. The van der Waals surface area contributed by atoms with Gasteiger partial charge >= 0.3 is 0 Å². The van der Waals surface area contributed by atoms with Crippen LogP contribution in [-0.2, 0) is 0 Å². The Kier molecular flexibility index (Phi) is 6.10. The summed E-state index contributed by atoms with van der Waals surface area (Å²) in [4.78, 5) is 2.50. The molecular formula is C20H35N3. The molecule has 3 heteroatoms. The van der Waals surface area contributed by atoms with Crippen LogP contribution in [0.4, 0.5) is 5.69 Å². The Morgan fingerprint density at radius 3 is 2.35 bits per heavy atom. The van der Waals surface area contributed by atoms with E-state index in [0.717, 1.165) is 25.6 Å². The van der Waals surface area contributed by atoms with Crippen LogP contribution < -0.4 is 15.5 Å². The Hall–Kier alpha value is -1.06. The van der Waals surface area contributed by atoms with Gasteiger partial charge in [0, 0.05) is 36.4 Å². The second-order valence-corrected chi connectivity index (χ2v) is 8.44. The van der Waals surface area contributed by atoms with Crippen molar-refractivity contribution in [3.63, 3.8) is 0 Å². The van der Waals surface area contributed by atoms with Crippen LogP contribution in [0.15, 0.2) is 24.3 Å². The average Bonchev–Trinajstić information content (AvgIpc) is 2.92. The Bertz CT molecular complexity index is 473. The van der Waals surface area contributed by atoms with E-state index < -0.39 is 0 Å². The van der Waals surface area contributed by atoms with Gasteiger partial charge in [0.15, 0.2) is 0 Å². The molecule has 1 saturated heterocycles. The standard InChI is InChI=1S/C20H35N3/c1-15(2)13-21-18-11-12-23(14-18)19-9-7-17(8-10-19)16(3)22-20(4,5)6/h7-10,15-16,18,21-22H,11-14H2,1-6H3/t16?,18-/m0/s1. The molecule has 0 radical (unpaired) electrons. The third-order valence-corrected chi connectivity index (χ3v) is 4.41. The molecule has 0 saturated carbocycles. The highest BCUT2D eigenvalue weighted by Gasteiger charge is 2.22.